The maximum absolute atomic E-state index is 12.5. The predicted molar refractivity (Wildman–Crippen MR) is 101 cm³/mol. The highest BCUT2D eigenvalue weighted by molar-refractivity contribution is 14.1. The number of thiazole rings is 1. The monoisotopic (exact) mass is 422 g/mol. The number of aromatic nitrogens is 1. The van der Waals surface area contributed by atoms with Crippen LogP contribution in [0.15, 0.2) is 30.3 Å². The minimum absolute atomic E-state index is 0.109. The van der Waals surface area contributed by atoms with Gasteiger partial charge in [0.25, 0.3) is 5.91 Å². The molecule has 3 rings (SSSR count). The van der Waals surface area contributed by atoms with Crippen molar-refractivity contribution in [2.24, 2.45) is 0 Å². The normalized spacial score (nSPS) is 10.9. The number of carbonyl (C=O) groups is 1. The molecule has 112 valence electrons. The largest absolute Gasteiger partial charge is 0.298 e. The highest BCUT2D eigenvalue weighted by Crippen LogP contribution is 2.31. The van der Waals surface area contributed by atoms with Gasteiger partial charge in [0.2, 0.25) is 0 Å². The van der Waals surface area contributed by atoms with Gasteiger partial charge >= 0.3 is 0 Å². The van der Waals surface area contributed by atoms with Crippen LogP contribution in [0, 0.1) is 24.3 Å². The number of amides is 1. The van der Waals surface area contributed by atoms with E-state index in [1.165, 1.54) is 16.9 Å². The highest BCUT2D eigenvalue weighted by Gasteiger charge is 2.15. The van der Waals surface area contributed by atoms with Crippen LogP contribution in [0.1, 0.15) is 27.0 Å². The van der Waals surface area contributed by atoms with Gasteiger partial charge in [0.05, 0.1) is 15.8 Å². The molecule has 0 radical (unpaired) electrons. The molecular formula is C17H15IN2OS. The van der Waals surface area contributed by atoms with Crippen molar-refractivity contribution >= 4 is 55.2 Å². The lowest BCUT2D eigenvalue weighted by molar-refractivity contribution is 0.102. The quantitative estimate of drug-likeness (QED) is 0.586. The molecular weight excluding hydrogens is 407 g/mol. The van der Waals surface area contributed by atoms with Crippen molar-refractivity contribution in [1.82, 2.24) is 4.98 Å². The molecule has 5 heteroatoms. The van der Waals surface area contributed by atoms with Gasteiger partial charge in [-0.15, -0.1) is 0 Å². The zero-order chi connectivity index (χ0) is 15.9. The standard InChI is InChI=1S/C17H15IN2OS/c1-9-5-4-6-12(13(9)18)16(21)20-17-19-14-10(2)7-8-11(3)15(14)22-17/h4-8H,1-3H3,(H,19,20,21). The molecule has 0 atom stereocenters. The number of hydrogen-bond acceptors (Lipinski definition) is 3. The Morgan fingerprint density at radius 3 is 2.55 bits per heavy atom. The number of halogens is 1. The molecule has 0 spiro atoms. The third-order valence-corrected chi connectivity index (χ3v) is 6.14. The molecule has 0 aliphatic rings. The molecule has 0 aliphatic carbocycles. The first-order valence-electron chi connectivity index (χ1n) is 6.90. The second-order valence-corrected chi connectivity index (χ2v) is 7.36. The molecule has 2 aromatic carbocycles. The molecule has 1 N–H and O–H groups in total. The lowest BCUT2D eigenvalue weighted by Crippen LogP contribution is -2.13. The Kier molecular flexibility index (Phi) is 4.18. The maximum Gasteiger partial charge on any atom is 0.258 e. The van der Waals surface area contributed by atoms with Gasteiger partial charge < -0.3 is 0 Å². The first kappa shape index (κ1) is 15.4. The van der Waals surface area contributed by atoms with E-state index in [0.717, 1.165) is 24.9 Å². The molecule has 22 heavy (non-hydrogen) atoms. The van der Waals surface area contributed by atoms with Gasteiger partial charge in [0.1, 0.15) is 0 Å². The fourth-order valence-electron chi connectivity index (χ4n) is 2.30. The van der Waals surface area contributed by atoms with E-state index < -0.39 is 0 Å². The number of aryl methyl sites for hydroxylation is 3. The summed E-state index contributed by atoms with van der Waals surface area (Å²) in [6, 6.07) is 9.90. The average molecular weight is 422 g/mol. The fraction of sp³-hybridized carbons (Fsp3) is 0.176. The first-order valence-corrected chi connectivity index (χ1v) is 8.80. The van der Waals surface area contributed by atoms with E-state index in [9.17, 15) is 4.79 Å². The number of nitrogens with one attached hydrogen (secondary N) is 1. The summed E-state index contributed by atoms with van der Waals surface area (Å²) < 4.78 is 2.11. The molecule has 1 heterocycles. The van der Waals surface area contributed by atoms with Crippen molar-refractivity contribution in [2.45, 2.75) is 20.8 Å². The number of benzene rings is 2. The molecule has 0 bridgehead atoms. The highest BCUT2D eigenvalue weighted by atomic mass is 127. The SMILES string of the molecule is Cc1cccc(C(=O)Nc2nc3c(C)ccc(C)c3s2)c1I. The number of anilines is 1. The Balaban J connectivity index is 1.96. The summed E-state index contributed by atoms with van der Waals surface area (Å²) in [7, 11) is 0. The molecule has 0 aliphatic heterocycles. The lowest BCUT2D eigenvalue weighted by atomic mass is 10.1. The van der Waals surface area contributed by atoms with Crippen molar-refractivity contribution in [2.75, 3.05) is 5.32 Å². The zero-order valence-electron chi connectivity index (χ0n) is 12.5. The van der Waals surface area contributed by atoms with Crippen LogP contribution in [0.25, 0.3) is 10.2 Å². The summed E-state index contributed by atoms with van der Waals surface area (Å²) in [6.45, 7) is 6.11. The van der Waals surface area contributed by atoms with Gasteiger partial charge in [-0.25, -0.2) is 4.98 Å². The Morgan fingerprint density at radius 2 is 1.82 bits per heavy atom. The first-order chi connectivity index (χ1) is 10.5. The molecule has 0 fully saturated rings. The minimum atomic E-state index is -0.109. The Labute approximate surface area is 146 Å². The van der Waals surface area contributed by atoms with Crippen molar-refractivity contribution < 1.29 is 4.79 Å². The van der Waals surface area contributed by atoms with Gasteiger partial charge in [-0.2, -0.15) is 0 Å². The van der Waals surface area contributed by atoms with Gasteiger partial charge in [-0.3, -0.25) is 10.1 Å². The maximum atomic E-state index is 12.5. The van der Waals surface area contributed by atoms with Crippen molar-refractivity contribution in [1.29, 1.82) is 0 Å². The van der Waals surface area contributed by atoms with Crippen LogP contribution in [0.5, 0.6) is 0 Å². The van der Waals surface area contributed by atoms with Crippen molar-refractivity contribution in [3.8, 4) is 0 Å². The van der Waals surface area contributed by atoms with Crippen LogP contribution in [-0.2, 0) is 0 Å². The predicted octanol–water partition coefficient (Wildman–Crippen LogP) is 5.08. The van der Waals surface area contributed by atoms with Crippen LogP contribution in [0.2, 0.25) is 0 Å². The third kappa shape index (κ3) is 2.75. The topological polar surface area (TPSA) is 42.0 Å². The fourth-order valence-corrected chi connectivity index (χ4v) is 3.91. The van der Waals surface area contributed by atoms with Crippen molar-refractivity contribution in [3.05, 3.63) is 56.2 Å². The second kappa shape index (κ2) is 5.96. The summed E-state index contributed by atoms with van der Waals surface area (Å²) in [5, 5.41) is 3.58. The Morgan fingerprint density at radius 1 is 1.09 bits per heavy atom. The number of hydrogen-bond donors (Lipinski definition) is 1. The van der Waals surface area contributed by atoms with E-state index in [1.54, 1.807) is 0 Å². The van der Waals surface area contributed by atoms with Gasteiger partial charge in [-0.1, -0.05) is 35.6 Å². The van der Waals surface area contributed by atoms with E-state index in [-0.39, 0.29) is 5.91 Å². The smallest absolute Gasteiger partial charge is 0.258 e. The van der Waals surface area contributed by atoms with Crippen LogP contribution in [-0.4, -0.2) is 10.9 Å². The Bertz CT molecular complexity index is 847. The second-order valence-electron chi connectivity index (χ2n) is 5.29. The van der Waals surface area contributed by atoms with Crippen LogP contribution in [0.3, 0.4) is 0 Å². The van der Waals surface area contributed by atoms with Gasteiger partial charge in [-0.05, 0) is 66.1 Å². The molecule has 3 aromatic rings. The number of nitrogens with zero attached hydrogens (tertiary/aromatic N) is 1. The van der Waals surface area contributed by atoms with E-state index in [1.807, 2.05) is 32.0 Å². The zero-order valence-corrected chi connectivity index (χ0v) is 15.5. The van der Waals surface area contributed by atoms with Crippen molar-refractivity contribution in [3.63, 3.8) is 0 Å². The molecule has 0 saturated carbocycles. The van der Waals surface area contributed by atoms with Crippen LogP contribution >= 0.6 is 33.9 Å². The summed E-state index contributed by atoms with van der Waals surface area (Å²) in [5.74, 6) is -0.109. The van der Waals surface area contributed by atoms with Gasteiger partial charge in [0.15, 0.2) is 5.13 Å². The van der Waals surface area contributed by atoms with Gasteiger partial charge in [0, 0.05) is 3.57 Å². The summed E-state index contributed by atoms with van der Waals surface area (Å²) in [5.41, 5.74) is 5.07. The number of fused-ring (bicyclic) bond motifs is 1. The number of rotatable bonds is 2. The molecule has 0 saturated heterocycles. The molecule has 1 aromatic heterocycles. The summed E-state index contributed by atoms with van der Waals surface area (Å²) in [4.78, 5) is 17.1. The van der Waals surface area contributed by atoms with E-state index in [2.05, 4.69) is 51.9 Å². The van der Waals surface area contributed by atoms with Crippen LogP contribution < -0.4 is 5.32 Å². The summed E-state index contributed by atoms with van der Waals surface area (Å²) in [6.07, 6.45) is 0. The van der Waals surface area contributed by atoms with E-state index in [4.69, 9.17) is 0 Å². The number of carbonyl (C=O) groups excluding carboxylic acids is 1. The van der Waals surface area contributed by atoms with Crippen LogP contribution in [0.4, 0.5) is 5.13 Å². The molecule has 3 nitrogen and oxygen atoms in total. The van der Waals surface area contributed by atoms with E-state index >= 15 is 0 Å². The minimum Gasteiger partial charge on any atom is -0.298 e. The third-order valence-electron chi connectivity index (χ3n) is 3.60. The molecule has 1 amide bonds. The Hall–Kier alpha value is -1.47. The average Bonchev–Trinajstić information content (AvgIpc) is 2.91. The summed E-state index contributed by atoms with van der Waals surface area (Å²) >= 11 is 3.74. The molecule has 0 unspecified atom stereocenters. The van der Waals surface area contributed by atoms with E-state index in [0.29, 0.717) is 10.7 Å². The lowest BCUT2D eigenvalue weighted by Gasteiger charge is -2.06.